The van der Waals surface area contributed by atoms with E-state index in [1.807, 2.05) is 39.4 Å². The Balaban J connectivity index is 1.29. The number of nitrogens with one attached hydrogen (secondary N) is 1. The zero-order valence-electron chi connectivity index (χ0n) is 30.7. The predicted octanol–water partition coefficient (Wildman–Crippen LogP) is 6.77. The van der Waals surface area contributed by atoms with Crippen molar-refractivity contribution < 1.29 is 23.3 Å². The highest BCUT2D eigenvalue weighted by atomic mass is 127. The molecule has 284 valence electrons. The number of hydrogen-bond donors (Lipinski definition) is 1. The van der Waals surface area contributed by atoms with Crippen molar-refractivity contribution in [1.29, 1.82) is 0 Å². The summed E-state index contributed by atoms with van der Waals surface area (Å²) in [4.78, 5) is 47.0. The monoisotopic (exact) mass is 987 g/mol. The van der Waals surface area contributed by atoms with E-state index in [0.29, 0.717) is 49.7 Å². The summed E-state index contributed by atoms with van der Waals surface area (Å²) in [5.41, 5.74) is 5.01. The molecule has 5 rings (SSSR count). The number of piperazine rings is 1. The van der Waals surface area contributed by atoms with Crippen molar-refractivity contribution in [2.24, 2.45) is 7.05 Å². The summed E-state index contributed by atoms with van der Waals surface area (Å²) in [6, 6.07) is 8.96. The molecule has 2 aromatic heterocycles. The summed E-state index contributed by atoms with van der Waals surface area (Å²) in [6.45, 7) is 9.56. The number of hydrogen-bond acceptors (Lipinski definition) is 7. The molecule has 0 radical (unpaired) electrons. The third-order valence-corrected chi connectivity index (χ3v) is 14.5. The number of imidazole rings is 1. The van der Waals surface area contributed by atoms with E-state index in [1.165, 1.54) is 7.14 Å². The minimum atomic E-state index is -0.836. The van der Waals surface area contributed by atoms with Crippen LogP contribution < -0.4 is 5.32 Å². The van der Waals surface area contributed by atoms with Crippen LogP contribution in [0.1, 0.15) is 53.9 Å². The molecule has 0 bridgehead atoms. The minimum absolute atomic E-state index is 0.203. The molecule has 1 aliphatic rings. The van der Waals surface area contributed by atoms with Gasteiger partial charge >= 0.3 is 6.09 Å². The first-order valence-corrected chi connectivity index (χ1v) is 24.1. The average Bonchev–Trinajstić information content (AvgIpc) is 3.67. The average molecular weight is 988 g/mol. The number of carbonyl (C=O) groups is 3. The van der Waals surface area contributed by atoms with Gasteiger partial charge in [-0.15, -0.1) is 0 Å². The third kappa shape index (κ3) is 9.69. The fourth-order valence-electron chi connectivity index (χ4n) is 5.96. The fraction of sp³-hybridized carbons (Fsp3) is 0.378. The fourth-order valence-corrected chi connectivity index (χ4v) is 11.7. The van der Waals surface area contributed by atoms with Gasteiger partial charge in [-0.1, -0.05) is 74.2 Å². The van der Waals surface area contributed by atoms with E-state index in [1.54, 1.807) is 45.0 Å². The van der Waals surface area contributed by atoms with Crippen LogP contribution in [-0.4, -0.2) is 104 Å². The summed E-state index contributed by atoms with van der Waals surface area (Å²) < 4.78 is 31.8. The number of nitrogens with zero attached hydrogens (tertiary/aromatic N) is 6. The van der Waals surface area contributed by atoms with Crippen LogP contribution in [0.3, 0.4) is 0 Å². The Hall–Kier alpha value is -3.29. The van der Waals surface area contributed by atoms with Crippen LogP contribution >= 0.6 is 53.1 Å². The lowest BCUT2D eigenvalue weighted by Crippen LogP contribution is -2.51. The predicted molar refractivity (Wildman–Crippen MR) is 231 cm³/mol. The molecular formula is C37H44ClI2N7O5S. The van der Waals surface area contributed by atoms with E-state index in [-0.39, 0.29) is 16.8 Å². The molecule has 4 aromatic rings. The molecule has 1 aliphatic heterocycles. The highest BCUT2D eigenvalue weighted by molar-refractivity contribution is 14.2. The lowest BCUT2D eigenvalue weighted by Gasteiger charge is -2.35. The van der Waals surface area contributed by atoms with Crippen molar-refractivity contribution in [3.05, 3.63) is 72.0 Å². The molecule has 2 aromatic carbocycles. The highest BCUT2D eigenvalue weighted by Gasteiger charge is 2.29. The van der Waals surface area contributed by atoms with Gasteiger partial charge in [0.2, 0.25) is 0 Å². The largest absolute Gasteiger partial charge is 0.444 e. The Morgan fingerprint density at radius 1 is 1.00 bits per heavy atom. The number of halogens is 3. The molecule has 1 saturated heterocycles. The zero-order chi connectivity index (χ0) is 38.6. The van der Waals surface area contributed by atoms with Crippen molar-refractivity contribution in [2.45, 2.75) is 46.3 Å². The van der Waals surface area contributed by atoms with Gasteiger partial charge < -0.3 is 24.4 Å². The van der Waals surface area contributed by atoms with Crippen molar-refractivity contribution >= 4 is 96.5 Å². The van der Waals surface area contributed by atoms with Crippen LogP contribution in [0, 0.1) is 14.1 Å². The molecular weight excluding hydrogens is 944 g/mol. The van der Waals surface area contributed by atoms with Gasteiger partial charge in [0, 0.05) is 92.7 Å². The van der Waals surface area contributed by atoms with E-state index in [2.05, 4.69) is 37.7 Å². The van der Waals surface area contributed by atoms with Crippen molar-refractivity contribution in [1.82, 2.24) is 29.1 Å². The lowest BCUT2D eigenvalue weighted by atomic mass is 10.0. The van der Waals surface area contributed by atoms with Gasteiger partial charge in [0.25, 0.3) is 11.8 Å². The van der Waals surface area contributed by atoms with Gasteiger partial charge in [0.05, 0.1) is 28.2 Å². The maximum atomic E-state index is 13.5. The number of ether oxygens (including phenoxy) is 1. The van der Waals surface area contributed by atoms with Crippen LogP contribution in [0.15, 0.2) is 42.7 Å². The smallest absolute Gasteiger partial charge is 0.410 e. The van der Waals surface area contributed by atoms with Crippen LogP contribution in [0.25, 0.3) is 22.4 Å². The van der Waals surface area contributed by atoms with Gasteiger partial charge in [-0.25, -0.2) is 9.78 Å². The summed E-state index contributed by atoms with van der Waals surface area (Å²) in [5, 5.41) is 7.80. The Morgan fingerprint density at radius 2 is 1.64 bits per heavy atom. The number of carbonyl (C=O) groups excluding carboxylic acids is 3. The first kappa shape index (κ1) is 40.9. The van der Waals surface area contributed by atoms with Gasteiger partial charge in [-0.3, -0.25) is 18.5 Å². The summed E-state index contributed by atoms with van der Waals surface area (Å²) >= 11 is 5.38. The van der Waals surface area contributed by atoms with Gasteiger partial charge in [0.15, 0.2) is 5.82 Å². The van der Waals surface area contributed by atoms with Crippen LogP contribution in [0.2, 0.25) is 5.02 Å². The third-order valence-electron chi connectivity index (χ3n) is 8.55. The molecule has 0 saturated carbocycles. The van der Waals surface area contributed by atoms with E-state index in [0.717, 1.165) is 34.5 Å². The Morgan fingerprint density at radius 3 is 2.26 bits per heavy atom. The quantitative estimate of drug-likeness (QED) is 0.164. The first-order chi connectivity index (χ1) is 25.1. The summed E-state index contributed by atoms with van der Waals surface area (Å²) in [5.74, 6) is 0.181. The van der Waals surface area contributed by atoms with Crippen molar-refractivity contribution in [3.8, 4) is 22.4 Å². The number of aromatic nitrogens is 4. The number of aryl methyl sites for hydroxylation is 2. The van der Waals surface area contributed by atoms with Gasteiger partial charge in [-0.2, -0.15) is 5.10 Å². The molecule has 1 N–H and O–H groups in total. The van der Waals surface area contributed by atoms with Crippen LogP contribution in [0.5, 0.6) is 0 Å². The maximum absolute atomic E-state index is 13.5. The molecule has 53 heavy (non-hydrogen) atoms. The Bertz CT molecular complexity index is 2100. The molecule has 16 heteroatoms. The normalized spacial score (nSPS) is 13.9. The molecule has 1 fully saturated rings. The molecule has 1 unspecified atom stereocenters. The summed E-state index contributed by atoms with van der Waals surface area (Å²) in [6.07, 6.45) is 5.88. The second kappa shape index (κ2) is 17.5. The van der Waals surface area contributed by atoms with Crippen molar-refractivity contribution in [2.75, 3.05) is 43.5 Å². The first-order valence-electron chi connectivity index (χ1n) is 16.8. The van der Waals surface area contributed by atoms with E-state index in [4.69, 9.17) is 21.4 Å². The van der Waals surface area contributed by atoms with E-state index >= 15 is 0 Å². The number of amides is 3. The molecule has 3 heterocycles. The SMILES string of the molecule is C=Ic1c(-c2cn(CCCS(C)=O)nc2C)ccc(-c2cnc(C(=O)Nc3ccc(C(=O)N4CCN(C(=O)OC(C)(C)C)CC4)c(Cl)c3)n2C)c1I=C. The zero-order valence-corrected chi connectivity index (χ0v) is 36.6. The number of rotatable bonds is 11. The Kier molecular flexibility index (Phi) is 13.5. The topological polar surface area (TPSA) is 132 Å². The number of benzene rings is 2. The molecule has 12 nitrogen and oxygen atoms in total. The molecule has 0 aliphatic carbocycles. The molecule has 1 atom stereocenters. The van der Waals surface area contributed by atoms with Gasteiger partial charge in [-0.05, 0) is 57.9 Å². The second-order valence-electron chi connectivity index (χ2n) is 13.5. The minimum Gasteiger partial charge on any atom is -0.444 e. The highest BCUT2D eigenvalue weighted by Crippen LogP contribution is 2.39. The molecule has 3 amide bonds. The van der Waals surface area contributed by atoms with E-state index < -0.39 is 69.9 Å². The Labute approximate surface area is 337 Å². The van der Waals surface area contributed by atoms with E-state index in [9.17, 15) is 18.6 Å². The van der Waals surface area contributed by atoms with Crippen molar-refractivity contribution in [3.63, 3.8) is 0 Å². The molecule has 0 spiro atoms. The van der Waals surface area contributed by atoms with Crippen LogP contribution in [-0.2, 0) is 29.1 Å². The second-order valence-corrected chi connectivity index (χ2v) is 19.2. The van der Waals surface area contributed by atoms with Crippen LogP contribution in [0.4, 0.5) is 10.5 Å². The lowest BCUT2D eigenvalue weighted by molar-refractivity contribution is 0.0141. The maximum Gasteiger partial charge on any atom is 0.410 e. The number of anilines is 1. The standard InChI is InChI=1S/C37H44ClI2N7O5S/c1-23-28(22-47(43-23)14-9-19-53(8)51)25-12-13-27(32(40-6)31(25)39-5)30-21-41-33(44(30)7)34(48)42-24-10-11-26(29(38)20-24)35(49)45-15-17-46(18-16-45)36(50)52-37(2,3)4/h10-13,20-22H,5-6,9,14-19H2,1-4,7-8H3,(H,42,48). The van der Waals surface area contributed by atoms with Gasteiger partial charge in [0.1, 0.15) is 5.60 Å². The summed E-state index contributed by atoms with van der Waals surface area (Å²) in [7, 11) is 0.973.